The lowest BCUT2D eigenvalue weighted by Gasteiger charge is -2.16. The summed E-state index contributed by atoms with van der Waals surface area (Å²) in [6.07, 6.45) is 16.5. The average Bonchev–Trinajstić information content (AvgIpc) is 3.59. The first-order chi connectivity index (χ1) is 18.4. The number of unbranched alkanes of at least 4 members (excludes halogenated alkanes) is 10. The van der Waals surface area contributed by atoms with Gasteiger partial charge in [0.25, 0.3) is 0 Å². The molecule has 0 amide bonds. The van der Waals surface area contributed by atoms with Crippen molar-refractivity contribution in [2.75, 3.05) is 0 Å². The molecule has 0 aliphatic heterocycles. The first-order valence-corrected chi connectivity index (χ1v) is 15.9. The van der Waals surface area contributed by atoms with E-state index in [1.165, 1.54) is 98.0 Å². The number of benzene rings is 1. The molecule has 0 aliphatic carbocycles. The lowest BCUT2D eigenvalue weighted by molar-refractivity contribution is 0.0691. The summed E-state index contributed by atoms with van der Waals surface area (Å²) in [6, 6.07) is 11.8. The fourth-order valence-corrected chi connectivity index (χ4v) is 6.74. The van der Waals surface area contributed by atoms with Gasteiger partial charge in [-0.3, -0.25) is 0 Å². The molecule has 0 bridgehead atoms. The summed E-state index contributed by atoms with van der Waals surface area (Å²) < 4.78 is 0. The van der Waals surface area contributed by atoms with Crippen molar-refractivity contribution in [1.29, 1.82) is 0 Å². The van der Waals surface area contributed by atoms with Gasteiger partial charge in [-0.05, 0) is 84.3 Å². The second-order valence-corrected chi connectivity index (χ2v) is 12.3. The van der Waals surface area contributed by atoms with Crippen LogP contribution in [0.5, 0.6) is 0 Å². The van der Waals surface area contributed by atoms with E-state index in [0.29, 0.717) is 9.75 Å². The smallest absolute Gasteiger partial charge is 0.345 e. The van der Waals surface area contributed by atoms with Gasteiger partial charge in [-0.15, -0.1) is 22.7 Å². The van der Waals surface area contributed by atoms with Crippen LogP contribution in [0.1, 0.15) is 121 Å². The Labute approximate surface area is 235 Å². The van der Waals surface area contributed by atoms with Crippen molar-refractivity contribution in [3.63, 3.8) is 0 Å². The van der Waals surface area contributed by atoms with Gasteiger partial charge >= 0.3 is 11.9 Å². The zero-order valence-electron chi connectivity index (χ0n) is 22.9. The van der Waals surface area contributed by atoms with Gasteiger partial charge in [-0.2, -0.15) is 0 Å². The van der Waals surface area contributed by atoms with Crippen molar-refractivity contribution < 1.29 is 19.8 Å². The minimum absolute atomic E-state index is 0.358. The number of hydrogen-bond donors (Lipinski definition) is 2. The van der Waals surface area contributed by atoms with Crippen LogP contribution in [0.2, 0.25) is 0 Å². The number of rotatable bonds is 18. The minimum atomic E-state index is -0.887. The van der Waals surface area contributed by atoms with Crippen molar-refractivity contribution >= 4 is 34.6 Å². The molecule has 3 rings (SSSR count). The van der Waals surface area contributed by atoms with Crippen LogP contribution in [0.3, 0.4) is 0 Å². The molecule has 4 nitrogen and oxygen atoms in total. The molecule has 0 aliphatic rings. The predicted molar refractivity (Wildman–Crippen MR) is 161 cm³/mol. The third-order valence-electron chi connectivity index (χ3n) is 7.09. The molecule has 0 unspecified atom stereocenters. The summed E-state index contributed by atoms with van der Waals surface area (Å²) in [4.78, 5) is 25.9. The van der Waals surface area contributed by atoms with Crippen molar-refractivity contribution in [2.24, 2.45) is 0 Å². The van der Waals surface area contributed by atoms with E-state index in [0.717, 1.165) is 46.6 Å². The largest absolute Gasteiger partial charge is 0.477 e. The third kappa shape index (κ3) is 8.81. The molecule has 0 saturated carbocycles. The first kappa shape index (κ1) is 30.1. The lowest BCUT2D eigenvalue weighted by atomic mass is 9.91. The minimum Gasteiger partial charge on any atom is -0.477 e. The zero-order valence-corrected chi connectivity index (χ0v) is 24.5. The van der Waals surface area contributed by atoms with E-state index in [9.17, 15) is 19.8 Å². The highest BCUT2D eigenvalue weighted by atomic mass is 32.1. The fourth-order valence-electron chi connectivity index (χ4n) is 4.95. The Hall–Kier alpha value is -2.44. The van der Waals surface area contributed by atoms with Gasteiger partial charge in [0.05, 0.1) is 0 Å². The van der Waals surface area contributed by atoms with Gasteiger partial charge in [0, 0.05) is 9.75 Å². The Kier molecular flexibility index (Phi) is 12.6. The standard InChI is InChI=1S/C32H42O4S2/c1-3-5-7-9-11-13-15-23-21-26(28-18-20-30(38-28)32(35)36)24(16-14-12-10-8-6-4-2)22-25(23)27-17-19-29(37-27)31(33)34/h17-22H,3-16H2,1-2H3,(H,33,34)(H,35,36). The van der Waals surface area contributed by atoms with E-state index in [-0.39, 0.29) is 0 Å². The molecule has 206 valence electrons. The Bertz CT molecular complexity index is 1080. The second kappa shape index (κ2) is 15.8. The zero-order chi connectivity index (χ0) is 27.3. The molecule has 0 saturated heterocycles. The monoisotopic (exact) mass is 554 g/mol. The molecule has 3 aromatic rings. The van der Waals surface area contributed by atoms with Crippen LogP contribution in [-0.4, -0.2) is 22.2 Å². The predicted octanol–water partition coefficient (Wildman–Crippen LogP) is 10.3. The van der Waals surface area contributed by atoms with Crippen LogP contribution in [0.25, 0.3) is 20.9 Å². The quantitative estimate of drug-likeness (QED) is 0.153. The van der Waals surface area contributed by atoms with E-state index < -0.39 is 11.9 Å². The molecule has 0 atom stereocenters. The highest BCUT2D eigenvalue weighted by Gasteiger charge is 2.18. The Morgan fingerprint density at radius 1 is 0.579 bits per heavy atom. The second-order valence-electron chi connectivity index (χ2n) is 10.1. The summed E-state index contributed by atoms with van der Waals surface area (Å²) >= 11 is 2.68. The van der Waals surface area contributed by atoms with Gasteiger partial charge < -0.3 is 10.2 Å². The number of aromatic carboxylic acids is 2. The maximum absolute atomic E-state index is 11.6. The van der Waals surface area contributed by atoms with Crippen LogP contribution >= 0.6 is 22.7 Å². The van der Waals surface area contributed by atoms with Crippen molar-refractivity contribution in [2.45, 2.75) is 104 Å². The highest BCUT2D eigenvalue weighted by Crippen LogP contribution is 2.39. The van der Waals surface area contributed by atoms with Crippen molar-refractivity contribution in [3.05, 3.63) is 57.3 Å². The van der Waals surface area contributed by atoms with Crippen LogP contribution in [0.4, 0.5) is 0 Å². The SMILES string of the molecule is CCCCCCCCc1cc(-c2ccc(C(=O)O)s2)c(CCCCCCCC)cc1-c1ccc(C(=O)O)s1. The van der Waals surface area contributed by atoms with E-state index >= 15 is 0 Å². The molecule has 2 heterocycles. The van der Waals surface area contributed by atoms with Gasteiger partial charge in [-0.25, -0.2) is 9.59 Å². The number of carboxylic acids is 2. The van der Waals surface area contributed by atoms with Crippen molar-refractivity contribution in [3.8, 4) is 20.9 Å². The Balaban J connectivity index is 1.95. The van der Waals surface area contributed by atoms with E-state index in [1.807, 2.05) is 12.1 Å². The molecule has 6 heteroatoms. The molecule has 2 N–H and O–H groups in total. The summed E-state index contributed by atoms with van der Waals surface area (Å²) in [7, 11) is 0. The van der Waals surface area contributed by atoms with Gasteiger partial charge in [-0.1, -0.05) is 78.1 Å². The number of thiophene rings is 2. The lowest BCUT2D eigenvalue weighted by Crippen LogP contribution is -1.97. The summed E-state index contributed by atoms with van der Waals surface area (Å²) in [5.41, 5.74) is 4.73. The molecule has 0 fully saturated rings. The molecular weight excluding hydrogens is 512 g/mol. The van der Waals surface area contributed by atoms with Crippen LogP contribution in [-0.2, 0) is 12.8 Å². The summed E-state index contributed by atoms with van der Waals surface area (Å²) in [5.74, 6) is -1.77. The fraction of sp³-hybridized carbons (Fsp3) is 0.500. The van der Waals surface area contributed by atoms with Crippen LogP contribution in [0.15, 0.2) is 36.4 Å². The van der Waals surface area contributed by atoms with Crippen LogP contribution in [0, 0.1) is 0 Å². The number of aryl methyl sites for hydroxylation is 2. The van der Waals surface area contributed by atoms with E-state index in [1.54, 1.807) is 12.1 Å². The summed E-state index contributed by atoms with van der Waals surface area (Å²) in [6.45, 7) is 4.46. The van der Waals surface area contributed by atoms with Gasteiger partial charge in [0.2, 0.25) is 0 Å². The molecule has 38 heavy (non-hydrogen) atoms. The third-order valence-corrected chi connectivity index (χ3v) is 9.31. The summed E-state index contributed by atoms with van der Waals surface area (Å²) in [5, 5.41) is 19.0. The molecule has 0 spiro atoms. The van der Waals surface area contributed by atoms with E-state index in [2.05, 4.69) is 26.0 Å². The molecule has 1 aromatic carbocycles. The number of carboxylic acid groups (broad SMARTS) is 2. The average molecular weight is 555 g/mol. The molecule has 2 aromatic heterocycles. The van der Waals surface area contributed by atoms with E-state index in [4.69, 9.17) is 0 Å². The maximum Gasteiger partial charge on any atom is 0.345 e. The maximum atomic E-state index is 11.6. The Morgan fingerprint density at radius 2 is 0.947 bits per heavy atom. The molecule has 0 radical (unpaired) electrons. The van der Waals surface area contributed by atoms with Gasteiger partial charge in [0.1, 0.15) is 9.75 Å². The highest BCUT2D eigenvalue weighted by molar-refractivity contribution is 7.17. The van der Waals surface area contributed by atoms with Gasteiger partial charge in [0.15, 0.2) is 0 Å². The number of hydrogen-bond acceptors (Lipinski definition) is 4. The van der Waals surface area contributed by atoms with Crippen molar-refractivity contribution in [1.82, 2.24) is 0 Å². The van der Waals surface area contributed by atoms with Crippen LogP contribution < -0.4 is 0 Å². The first-order valence-electron chi connectivity index (χ1n) is 14.3. The normalized spacial score (nSPS) is 11.2. The Morgan fingerprint density at radius 3 is 1.29 bits per heavy atom. The topological polar surface area (TPSA) is 74.6 Å². The molecular formula is C32H42O4S2. The number of carbonyl (C=O) groups is 2.